The Bertz CT molecular complexity index is 696. The number of nitrogens with one attached hydrogen (secondary N) is 1. The zero-order valence-corrected chi connectivity index (χ0v) is 10.0. The van der Waals surface area contributed by atoms with Gasteiger partial charge in [0.1, 0.15) is 5.51 Å². The van der Waals surface area contributed by atoms with Crippen molar-refractivity contribution in [3.63, 3.8) is 0 Å². The first kappa shape index (κ1) is 10.8. The number of hydrogen-bond donors (Lipinski definition) is 1. The fraction of sp³-hybridized carbons (Fsp3) is 0. The largest absolute Gasteiger partial charge is 0.296 e. The first-order chi connectivity index (χ1) is 8.83. The van der Waals surface area contributed by atoms with Gasteiger partial charge >= 0.3 is 0 Å². The number of pyridine rings is 1. The Hall–Kier alpha value is -2.34. The Morgan fingerprint density at radius 1 is 1.28 bits per heavy atom. The molecule has 6 heteroatoms. The Labute approximate surface area is 107 Å². The van der Waals surface area contributed by atoms with Crippen LogP contribution in [0, 0.1) is 0 Å². The third-order valence-corrected chi connectivity index (χ3v) is 3.06. The number of carbonyl (C=O) groups excluding carboxylic acids is 1. The van der Waals surface area contributed by atoms with E-state index in [0.717, 1.165) is 10.9 Å². The maximum Gasteiger partial charge on any atom is 0.257 e. The topological polar surface area (TPSA) is 67.8 Å². The second-order valence-corrected chi connectivity index (χ2v) is 4.44. The van der Waals surface area contributed by atoms with Crippen molar-refractivity contribution in [3.8, 4) is 0 Å². The van der Waals surface area contributed by atoms with Gasteiger partial charge in [0.2, 0.25) is 5.13 Å². The van der Waals surface area contributed by atoms with E-state index in [0.29, 0.717) is 10.7 Å². The minimum absolute atomic E-state index is 0.209. The van der Waals surface area contributed by atoms with E-state index in [2.05, 4.69) is 20.5 Å². The molecule has 2 aromatic heterocycles. The van der Waals surface area contributed by atoms with E-state index in [1.54, 1.807) is 23.8 Å². The molecule has 18 heavy (non-hydrogen) atoms. The van der Waals surface area contributed by atoms with Crippen LogP contribution in [0.1, 0.15) is 10.4 Å². The van der Waals surface area contributed by atoms with Gasteiger partial charge in [-0.3, -0.25) is 15.1 Å². The summed E-state index contributed by atoms with van der Waals surface area (Å²) >= 11 is 1.28. The van der Waals surface area contributed by atoms with Crippen LogP contribution in [0.2, 0.25) is 0 Å². The zero-order valence-electron chi connectivity index (χ0n) is 9.20. The fourth-order valence-corrected chi connectivity index (χ4v) is 2.04. The van der Waals surface area contributed by atoms with Crippen molar-refractivity contribution in [1.29, 1.82) is 0 Å². The summed E-state index contributed by atoms with van der Waals surface area (Å²) in [5, 5.41) is 11.6. The lowest BCUT2D eigenvalue weighted by Crippen LogP contribution is -2.11. The van der Waals surface area contributed by atoms with Crippen LogP contribution < -0.4 is 5.32 Å². The lowest BCUT2D eigenvalue weighted by Gasteiger charge is -2.02. The first-order valence-corrected chi connectivity index (χ1v) is 6.13. The van der Waals surface area contributed by atoms with E-state index in [1.807, 2.05) is 18.2 Å². The molecule has 3 aromatic rings. The maximum absolute atomic E-state index is 12.0. The molecule has 1 N–H and O–H groups in total. The molecular formula is C12H8N4OS. The van der Waals surface area contributed by atoms with Crippen LogP contribution in [-0.4, -0.2) is 21.1 Å². The van der Waals surface area contributed by atoms with E-state index in [-0.39, 0.29) is 5.91 Å². The fourth-order valence-electron chi connectivity index (χ4n) is 1.60. The highest BCUT2D eigenvalue weighted by Gasteiger charge is 2.08. The number of hydrogen-bond acceptors (Lipinski definition) is 5. The Balaban J connectivity index is 1.92. The predicted molar refractivity (Wildman–Crippen MR) is 69.6 cm³/mol. The Morgan fingerprint density at radius 3 is 3.06 bits per heavy atom. The van der Waals surface area contributed by atoms with Crippen molar-refractivity contribution in [2.45, 2.75) is 0 Å². The highest BCUT2D eigenvalue weighted by molar-refractivity contribution is 7.13. The normalized spacial score (nSPS) is 10.4. The molecule has 2 heterocycles. The first-order valence-electron chi connectivity index (χ1n) is 5.25. The van der Waals surface area contributed by atoms with E-state index in [1.165, 1.54) is 11.3 Å². The number of benzene rings is 1. The second-order valence-electron chi connectivity index (χ2n) is 3.61. The zero-order chi connectivity index (χ0) is 12.4. The van der Waals surface area contributed by atoms with Crippen LogP contribution in [0.25, 0.3) is 10.9 Å². The molecular weight excluding hydrogens is 248 g/mol. The van der Waals surface area contributed by atoms with Crippen molar-refractivity contribution >= 4 is 33.3 Å². The van der Waals surface area contributed by atoms with E-state index in [4.69, 9.17) is 0 Å². The van der Waals surface area contributed by atoms with Gasteiger partial charge in [0.05, 0.1) is 5.52 Å². The van der Waals surface area contributed by atoms with Gasteiger partial charge < -0.3 is 0 Å². The summed E-state index contributed by atoms with van der Waals surface area (Å²) in [5.41, 5.74) is 2.91. The van der Waals surface area contributed by atoms with E-state index in [9.17, 15) is 4.79 Å². The lowest BCUT2D eigenvalue weighted by atomic mass is 10.1. The van der Waals surface area contributed by atoms with Crippen LogP contribution in [0.15, 0.2) is 42.0 Å². The molecule has 0 unspecified atom stereocenters. The summed E-state index contributed by atoms with van der Waals surface area (Å²) in [6.45, 7) is 0. The van der Waals surface area contributed by atoms with Gasteiger partial charge in [-0.1, -0.05) is 23.5 Å². The summed E-state index contributed by atoms with van der Waals surface area (Å²) < 4.78 is 0. The van der Waals surface area contributed by atoms with E-state index < -0.39 is 0 Å². The number of carbonyl (C=O) groups is 1. The van der Waals surface area contributed by atoms with Crippen LogP contribution in [0.4, 0.5) is 5.13 Å². The molecule has 0 aliphatic heterocycles. The minimum Gasteiger partial charge on any atom is -0.296 e. The third kappa shape index (κ3) is 2.05. The molecule has 1 aromatic carbocycles. The molecule has 0 saturated heterocycles. The van der Waals surface area contributed by atoms with Gasteiger partial charge in [0.15, 0.2) is 0 Å². The van der Waals surface area contributed by atoms with Crippen LogP contribution in [0.3, 0.4) is 0 Å². The van der Waals surface area contributed by atoms with Gasteiger partial charge in [-0.25, -0.2) is 0 Å². The number of nitrogens with zero attached hydrogens (tertiary/aromatic N) is 3. The van der Waals surface area contributed by atoms with Gasteiger partial charge in [0, 0.05) is 17.1 Å². The molecule has 88 valence electrons. The SMILES string of the molecule is O=C(Nc1nncs1)c1ccc2cccnc2c1. The molecule has 5 nitrogen and oxygen atoms in total. The van der Waals surface area contributed by atoms with Crippen LogP contribution in [-0.2, 0) is 0 Å². The van der Waals surface area contributed by atoms with Crippen LogP contribution in [0.5, 0.6) is 0 Å². The van der Waals surface area contributed by atoms with Crippen molar-refractivity contribution < 1.29 is 4.79 Å². The third-order valence-electron chi connectivity index (χ3n) is 2.45. The van der Waals surface area contributed by atoms with Gasteiger partial charge in [0.25, 0.3) is 5.91 Å². The lowest BCUT2D eigenvalue weighted by molar-refractivity contribution is 0.102. The molecule has 0 radical (unpaired) electrons. The van der Waals surface area contributed by atoms with Gasteiger partial charge in [-0.05, 0) is 18.2 Å². The molecule has 0 bridgehead atoms. The average molecular weight is 256 g/mol. The van der Waals surface area contributed by atoms with Crippen molar-refractivity contribution in [2.75, 3.05) is 5.32 Å². The molecule has 1 amide bonds. The molecule has 0 saturated carbocycles. The summed E-state index contributed by atoms with van der Waals surface area (Å²) in [6.07, 6.45) is 1.70. The van der Waals surface area contributed by atoms with Crippen molar-refractivity contribution in [1.82, 2.24) is 15.2 Å². The molecule has 0 atom stereocenters. The van der Waals surface area contributed by atoms with Crippen molar-refractivity contribution in [2.24, 2.45) is 0 Å². The summed E-state index contributed by atoms with van der Waals surface area (Å²) in [7, 11) is 0. The quantitative estimate of drug-likeness (QED) is 0.764. The number of anilines is 1. The molecule has 0 fully saturated rings. The minimum atomic E-state index is -0.209. The molecule has 0 spiro atoms. The second kappa shape index (κ2) is 4.50. The highest BCUT2D eigenvalue weighted by Crippen LogP contribution is 2.15. The Morgan fingerprint density at radius 2 is 2.22 bits per heavy atom. The number of rotatable bonds is 2. The highest BCUT2D eigenvalue weighted by atomic mass is 32.1. The van der Waals surface area contributed by atoms with Gasteiger partial charge in [-0.2, -0.15) is 0 Å². The smallest absolute Gasteiger partial charge is 0.257 e. The van der Waals surface area contributed by atoms with Crippen molar-refractivity contribution in [3.05, 3.63) is 47.6 Å². The standard InChI is InChI=1S/C12H8N4OS/c17-11(15-12-16-14-7-18-12)9-4-3-8-2-1-5-13-10(8)6-9/h1-7H,(H,15,16,17). The summed E-state index contributed by atoms with van der Waals surface area (Å²) in [6, 6.07) is 9.21. The number of amides is 1. The maximum atomic E-state index is 12.0. The monoisotopic (exact) mass is 256 g/mol. The van der Waals surface area contributed by atoms with Gasteiger partial charge in [-0.15, -0.1) is 10.2 Å². The number of aromatic nitrogens is 3. The summed E-state index contributed by atoms with van der Waals surface area (Å²) in [4.78, 5) is 16.2. The number of fused-ring (bicyclic) bond motifs is 1. The molecule has 3 rings (SSSR count). The van der Waals surface area contributed by atoms with Crippen LogP contribution >= 0.6 is 11.3 Å². The molecule has 0 aliphatic rings. The predicted octanol–water partition coefficient (Wildman–Crippen LogP) is 2.34. The summed E-state index contributed by atoms with van der Waals surface area (Å²) in [5.74, 6) is -0.209. The van der Waals surface area contributed by atoms with E-state index >= 15 is 0 Å². The average Bonchev–Trinajstić information content (AvgIpc) is 2.91. The molecule has 0 aliphatic carbocycles. The Kier molecular flexibility index (Phi) is 2.70.